The topological polar surface area (TPSA) is 84.9 Å². The maximum absolute atomic E-state index is 12.6. The third-order valence-electron chi connectivity index (χ3n) is 5.81. The van der Waals surface area contributed by atoms with Gasteiger partial charge in [0, 0.05) is 18.1 Å². The second-order valence-electron chi connectivity index (χ2n) is 7.83. The van der Waals surface area contributed by atoms with Crippen molar-refractivity contribution in [2.75, 3.05) is 18.5 Å². The normalized spacial score (nSPS) is 25.9. The summed E-state index contributed by atoms with van der Waals surface area (Å²) in [7, 11) is 0. The number of likely N-dealkylation sites (tertiary alicyclic amines) is 1. The molecule has 7 heteroatoms. The second kappa shape index (κ2) is 7.45. The van der Waals surface area contributed by atoms with E-state index in [1.54, 1.807) is 6.07 Å². The van der Waals surface area contributed by atoms with Gasteiger partial charge in [0.15, 0.2) is 0 Å². The van der Waals surface area contributed by atoms with Gasteiger partial charge in [-0.3, -0.25) is 19.3 Å². The number of carbonyl (C=O) groups excluding carboxylic acids is 3. The molecule has 3 atom stereocenters. The minimum atomic E-state index is -0.410. The lowest BCUT2D eigenvalue weighted by atomic mass is 9.81. The molecule has 4 rings (SSSR count). The Morgan fingerprint density at radius 1 is 1.21 bits per heavy atom. The van der Waals surface area contributed by atoms with Crippen molar-refractivity contribution in [1.82, 2.24) is 4.90 Å². The van der Waals surface area contributed by atoms with Gasteiger partial charge in [0.1, 0.15) is 24.1 Å². The van der Waals surface area contributed by atoms with Gasteiger partial charge in [0.25, 0.3) is 0 Å². The first kappa shape index (κ1) is 18.8. The van der Waals surface area contributed by atoms with Crippen LogP contribution in [0.2, 0.25) is 0 Å². The highest BCUT2D eigenvalue weighted by molar-refractivity contribution is 6.08. The largest absolute Gasteiger partial charge is 0.492 e. The molecule has 1 aromatic carbocycles. The van der Waals surface area contributed by atoms with Crippen LogP contribution >= 0.6 is 0 Å². The first-order valence-electron chi connectivity index (χ1n) is 10.1. The number of carbonyl (C=O) groups is 3. The Bertz CT molecular complexity index is 797. The van der Waals surface area contributed by atoms with Crippen LogP contribution in [0, 0.1) is 11.8 Å². The Kier molecular flexibility index (Phi) is 5.00. The monoisotopic (exact) mass is 386 g/mol. The van der Waals surface area contributed by atoms with Crippen molar-refractivity contribution < 1.29 is 23.9 Å². The zero-order valence-corrected chi connectivity index (χ0v) is 16.3. The van der Waals surface area contributed by atoms with E-state index < -0.39 is 5.91 Å². The quantitative estimate of drug-likeness (QED) is 0.786. The number of hydrogen-bond donors (Lipinski definition) is 1. The fourth-order valence-electron chi connectivity index (χ4n) is 4.53. The van der Waals surface area contributed by atoms with Gasteiger partial charge in [-0.1, -0.05) is 12.8 Å². The van der Waals surface area contributed by atoms with Crippen molar-refractivity contribution in [1.29, 1.82) is 0 Å². The number of hydrogen-bond acceptors (Lipinski definition) is 5. The molecule has 0 bridgehead atoms. The lowest BCUT2D eigenvalue weighted by Crippen LogP contribution is -2.38. The summed E-state index contributed by atoms with van der Waals surface area (Å²) < 4.78 is 11.4. The first-order valence-corrected chi connectivity index (χ1v) is 10.1. The minimum absolute atomic E-state index is 0.0821. The molecular weight excluding hydrogens is 360 g/mol. The van der Waals surface area contributed by atoms with Gasteiger partial charge in [-0.2, -0.15) is 0 Å². The number of rotatable bonds is 5. The van der Waals surface area contributed by atoms with E-state index in [0.717, 1.165) is 48.3 Å². The van der Waals surface area contributed by atoms with E-state index in [2.05, 4.69) is 5.32 Å². The van der Waals surface area contributed by atoms with Gasteiger partial charge >= 0.3 is 0 Å². The van der Waals surface area contributed by atoms with Crippen LogP contribution < -0.4 is 14.8 Å². The Morgan fingerprint density at radius 2 is 1.89 bits per heavy atom. The molecule has 1 aliphatic carbocycles. The Hall–Kier alpha value is -2.57. The summed E-state index contributed by atoms with van der Waals surface area (Å²) in [4.78, 5) is 38.9. The van der Waals surface area contributed by atoms with Crippen molar-refractivity contribution in [3.63, 3.8) is 0 Å². The van der Waals surface area contributed by atoms with Crippen LogP contribution in [0.25, 0.3) is 0 Å². The molecular formula is C21H26N2O5. The molecule has 28 heavy (non-hydrogen) atoms. The summed E-state index contributed by atoms with van der Waals surface area (Å²) in [6, 6.07) is 3.65. The van der Waals surface area contributed by atoms with Crippen LogP contribution in [0.15, 0.2) is 12.1 Å². The molecule has 2 fully saturated rings. The third kappa shape index (κ3) is 3.34. The van der Waals surface area contributed by atoms with Gasteiger partial charge in [-0.25, -0.2) is 0 Å². The zero-order chi connectivity index (χ0) is 19.8. The number of anilines is 1. The van der Waals surface area contributed by atoms with E-state index in [1.165, 1.54) is 0 Å². The maximum atomic E-state index is 12.6. The van der Waals surface area contributed by atoms with Gasteiger partial charge in [-0.05, 0) is 32.8 Å². The zero-order valence-electron chi connectivity index (χ0n) is 16.3. The molecule has 150 valence electrons. The molecule has 1 aromatic rings. The molecule has 0 unspecified atom stereocenters. The van der Waals surface area contributed by atoms with Crippen LogP contribution in [-0.4, -0.2) is 41.9 Å². The predicted molar refractivity (Wildman–Crippen MR) is 102 cm³/mol. The lowest BCUT2D eigenvalue weighted by molar-refractivity contribution is -0.142. The van der Waals surface area contributed by atoms with Crippen molar-refractivity contribution in [3.05, 3.63) is 17.7 Å². The number of amides is 3. The van der Waals surface area contributed by atoms with Gasteiger partial charge in [0.05, 0.1) is 24.1 Å². The lowest BCUT2D eigenvalue weighted by Gasteiger charge is -2.19. The number of nitrogens with one attached hydrogen (secondary N) is 1. The average Bonchev–Trinajstić information content (AvgIpc) is 3.14. The van der Waals surface area contributed by atoms with Gasteiger partial charge in [0.2, 0.25) is 17.7 Å². The molecule has 2 aliphatic heterocycles. The van der Waals surface area contributed by atoms with Crippen LogP contribution in [0.3, 0.4) is 0 Å². The molecule has 2 heterocycles. The number of imide groups is 1. The summed E-state index contributed by atoms with van der Waals surface area (Å²) in [5.74, 6) is -0.0224. The van der Waals surface area contributed by atoms with Crippen LogP contribution in [-0.2, 0) is 20.8 Å². The predicted octanol–water partition coefficient (Wildman–Crippen LogP) is 2.52. The highest BCUT2D eigenvalue weighted by Gasteiger charge is 2.48. The van der Waals surface area contributed by atoms with Gasteiger partial charge in [-0.15, -0.1) is 0 Å². The maximum Gasteiger partial charge on any atom is 0.244 e. The SMILES string of the molecule is CCOc1cc2c(cc1NC(=O)CN1C(=O)[C@H]3CCCC[C@H]3C1=O)O[C@@H](C)C2. The summed E-state index contributed by atoms with van der Waals surface area (Å²) in [5, 5.41) is 2.80. The summed E-state index contributed by atoms with van der Waals surface area (Å²) in [6.45, 7) is 4.07. The standard InChI is InChI=1S/C21H26N2O5/c1-3-27-18-9-13-8-12(2)28-17(13)10-16(18)22-19(24)11-23-20(25)14-6-4-5-7-15(14)21(23)26/h9-10,12,14-15H,3-8,11H2,1-2H3,(H,22,24)/t12-,14-,15+/m0/s1. The smallest absolute Gasteiger partial charge is 0.244 e. The third-order valence-corrected chi connectivity index (χ3v) is 5.81. The fraction of sp³-hybridized carbons (Fsp3) is 0.571. The molecule has 3 amide bonds. The minimum Gasteiger partial charge on any atom is -0.492 e. The van der Waals surface area contributed by atoms with Crippen LogP contribution in [0.1, 0.15) is 45.1 Å². The van der Waals surface area contributed by atoms with E-state index in [0.29, 0.717) is 18.0 Å². The first-order chi connectivity index (χ1) is 13.5. The Morgan fingerprint density at radius 3 is 2.54 bits per heavy atom. The van der Waals surface area contributed by atoms with Crippen molar-refractivity contribution >= 4 is 23.4 Å². The van der Waals surface area contributed by atoms with Crippen molar-refractivity contribution in [2.45, 2.75) is 52.1 Å². The fourth-order valence-corrected chi connectivity index (χ4v) is 4.53. The Balaban J connectivity index is 1.49. The average molecular weight is 386 g/mol. The second-order valence-corrected chi connectivity index (χ2v) is 7.83. The van der Waals surface area contributed by atoms with E-state index in [-0.39, 0.29) is 36.3 Å². The van der Waals surface area contributed by atoms with E-state index in [4.69, 9.17) is 9.47 Å². The highest BCUT2D eigenvalue weighted by atomic mass is 16.5. The number of fused-ring (bicyclic) bond motifs is 2. The van der Waals surface area contributed by atoms with Crippen molar-refractivity contribution in [2.24, 2.45) is 11.8 Å². The molecule has 1 saturated carbocycles. The molecule has 7 nitrogen and oxygen atoms in total. The van der Waals surface area contributed by atoms with Crippen LogP contribution in [0.5, 0.6) is 11.5 Å². The van der Waals surface area contributed by atoms with E-state index in [1.807, 2.05) is 19.9 Å². The molecule has 0 aromatic heterocycles. The summed E-state index contributed by atoms with van der Waals surface area (Å²) >= 11 is 0. The number of ether oxygens (including phenoxy) is 2. The van der Waals surface area contributed by atoms with Crippen molar-refractivity contribution in [3.8, 4) is 11.5 Å². The molecule has 1 saturated heterocycles. The molecule has 1 N–H and O–H groups in total. The number of benzene rings is 1. The summed E-state index contributed by atoms with van der Waals surface area (Å²) in [6.07, 6.45) is 4.28. The van der Waals surface area contributed by atoms with E-state index in [9.17, 15) is 14.4 Å². The molecule has 0 spiro atoms. The highest BCUT2D eigenvalue weighted by Crippen LogP contribution is 2.39. The van der Waals surface area contributed by atoms with Gasteiger partial charge < -0.3 is 14.8 Å². The molecule has 0 radical (unpaired) electrons. The van der Waals surface area contributed by atoms with Crippen LogP contribution in [0.4, 0.5) is 5.69 Å². The summed E-state index contributed by atoms with van der Waals surface area (Å²) in [5.41, 5.74) is 1.54. The van der Waals surface area contributed by atoms with E-state index >= 15 is 0 Å². The Labute approximate surface area is 164 Å². The number of nitrogens with zero attached hydrogens (tertiary/aromatic N) is 1. The molecule has 3 aliphatic rings.